The summed E-state index contributed by atoms with van der Waals surface area (Å²) in [5.41, 5.74) is 0.611. The zero-order valence-corrected chi connectivity index (χ0v) is 10.9. The first-order valence-corrected chi connectivity index (χ1v) is 6.00. The highest BCUT2D eigenvalue weighted by Gasteiger charge is 2.16. The van der Waals surface area contributed by atoms with Gasteiger partial charge in [0.2, 0.25) is 11.8 Å². The molecule has 0 aliphatic heterocycles. The molecule has 0 unspecified atom stereocenters. The van der Waals surface area contributed by atoms with Crippen LogP contribution in [0.3, 0.4) is 0 Å². The Hall–Kier alpha value is -3.10. The van der Waals surface area contributed by atoms with E-state index in [-0.39, 0.29) is 17.6 Å². The first kappa shape index (κ1) is 12.9. The Morgan fingerprint density at radius 3 is 2.76 bits per heavy atom. The number of aromatic amines is 1. The Labute approximate surface area is 118 Å². The van der Waals surface area contributed by atoms with Gasteiger partial charge in [-0.1, -0.05) is 0 Å². The summed E-state index contributed by atoms with van der Waals surface area (Å²) in [6.45, 7) is 1.70. The van der Waals surface area contributed by atoms with Crippen molar-refractivity contribution in [2.45, 2.75) is 6.92 Å². The lowest BCUT2D eigenvalue weighted by Gasteiger charge is -2.01. The minimum absolute atomic E-state index is 0.0202. The molecule has 2 heterocycles. The highest BCUT2D eigenvalue weighted by molar-refractivity contribution is 6.00. The normalized spacial score (nSPS) is 10.6. The average Bonchev–Trinajstić information content (AvgIpc) is 3.09. The van der Waals surface area contributed by atoms with E-state index in [1.807, 2.05) is 0 Å². The molecule has 1 aromatic carbocycles. The lowest BCUT2D eigenvalue weighted by molar-refractivity contribution is 0.101. The molecular formula is C12H10FN7O. The first-order chi connectivity index (χ1) is 10.1. The van der Waals surface area contributed by atoms with Crippen molar-refractivity contribution in [2.75, 3.05) is 5.32 Å². The summed E-state index contributed by atoms with van der Waals surface area (Å²) < 4.78 is 14.4. The fourth-order valence-electron chi connectivity index (χ4n) is 1.74. The number of halogens is 1. The smallest absolute Gasteiger partial charge is 0.288 e. The lowest BCUT2D eigenvalue weighted by Crippen LogP contribution is -2.15. The van der Waals surface area contributed by atoms with Crippen molar-refractivity contribution in [3.63, 3.8) is 0 Å². The summed E-state index contributed by atoms with van der Waals surface area (Å²) in [7, 11) is 0. The van der Waals surface area contributed by atoms with Crippen molar-refractivity contribution in [3.8, 4) is 5.69 Å². The number of nitrogens with one attached hydrogen (secondary N) is 2. The number of amides is 1. The van der Waals surface area contributed by atoms with Crippen LogP contribution < -0.4 is 5.32 Å². The third-order valence-electron chi connectivity index (χ3n) is 2.69. The van der Waals surface area contributed by atoms with Crippen molar-refractivity contribution >= 4 is 11.9 Å². The quantitative estimate of drug-likeness (QED) is 0.750. The predicted molar refractivity (Wildman–Crippen MR) is 70.4 cm³/mol. The minimum atomic E-state index is -0.518. The van der Waals surface area contributed by atoms with E-state index < -0.39 is 5.91 Å². The molecule has 0 aliphatic rings. The second kappa shape index (κ2) is 5.12. The summed E-state index contributed by atoms with van der Waals surface area (Å²) in [6, 6.07) is 5.72. The van der Waals surface area contributed by atoms with E-state index >= 15 is 0 Å². The Bertz CT molecular complexity index is 764. The SMILES string of the molecule is Cc1nc(C(=O)Nc2ncn[nH]2)nn1-c1ccc(F)cc1. The largest absolute Gasteiger partial charge is 0.297 e. The maximum Gasteiger partial charge on any atom is 0.297 e. The maximum atomic E-state index is 12.9. The van der Waals surface area contributed by atoms with Gasteiger partial charge >= 0.3 is 0 Å². The van der Waals surface area contributed by atoms with Crippen LogP contribution in [-0.4, -0.2) is 35.9 Å². The van der Waals surface area contributed by atoms with Gasteiger partial charge in [-0.05, 0) is 31.2 Å². The monoisotopic (exact) mass is 287 g/mol. The molecule has 21 heavy (non-hydrogen) atoms. The van der Waals surface area contributed by atoms with Crippen LogP contribution in [0.4, 0.5) is 10.3 Å². The number of benzene rings is 1. The van der Waals surface area contributed by atoms with E-state index in [0.717, 1.165) is 0 Å². The topological polar surface area (TPSA) is 101 Å². The second-order valence-corrected chi connectivity index (χ2v) is 4.16. The summed E-state index contributed by atoms with van der Waals surface area (Å²) in [6.07, 6.45) is 1.27. The van der Waals surface area contributed by atoms with Crippen molar-refractivity contribution in [1.29, 1.82) is 0 Å². The third kappa shape index (κ3) is 2.61. The molecule has 0 spiro atoms. The van der Waals surface area contributed by atoms with Gasteiger partial charge in [0.15, 0.2) is 0 Å². The molecule has 1 amide bonds. The van der Waals surface area contributed by atoms with E-state index in [1.54, 1.807) is 19.1 Å². The molecule has 0 aliphatic carbocycles. The van der Waals surface area contributed by atoms with Crippen LogP contribution in [0.2, 0.25) is 0 Å². The van der Waals surface area contributed by atoms with Gasteiger partial charge in [0.1, 0.15) is 18.0 Å². The molecule has 3 rings (SSSR count). The van der Waals surface area contributed by atoms with Crippen LogP contribution in [0.1, 0.15) is 16.4 Å². The Kier molecular flexibility index (Phi) is 3.14. The summed E-state index contributed by atoms with van der Waals surface area (Å²) in [5.74, 6) is -0.177. The molecule has 0 radical (unpaired) electrons. The molecule has 0 atom stereocenters. The molecule has 0 bridgehead atoms. The number of carbonyl (C=O) groups is 1. The first-order valence-electron chi connectivity index (χ1n) is 6.00. The van der Waals surface area contributed by atoms with Crippen LogP contribution >= 0.6 is 0 Å². The Morgan fingerprint density at radius 2 is 2.10 bits per heavy atom. The average molecular weight is 287 g/mol. The molecule has 2 aromatic heterocycles. The summed E-state index contributed by atoms with van der Waals surface area (Å²) >= 11 is 0. The van der Waals surface area contributed by atoms with Gasteiger partial charge in [-0.25, -0.2) is 19.2 Å². The van der Waals surface area contributed by atoms with Crippen LogP contribution in [0, 0.1) is 12.7 Å². The Morgan fingerprint density at radius 1 is 1.33 bits per heavy atom. The maximum absolute atomic E-state index is 12.9. The van der Waals surface area contributed by atoms with Gasteiger partial charge in [0, 0.05) is 0 Å². The van der Waals surface area contributed by atoms with Gasteiger partial charge < -0.3 is 0 Å². The summed E-state index contributed by atoms with van der Waals surface area (Å²) in [4.78, 5) is 19.8. The van der Waals surface area contributed by atoms with Crippen molar-refractivity contribution in [3.05, 3.63) is 48.1 Å². The number of nitrogens with zero attached hydrogens (tertiary/aromatic N) is 5. The second-order valence-electron chi connectivity index (χ2n) is 4.16. The highest BCUT2D eigenvalue weighted by atomic mass is 19.1. The van der Waals surface area contributed by atoms with Crippen molar-refractivity contribution < 1.29 is 9.18 Å². The van der Waals surface area contributed by atoms with E-state index in [0.29, 0.717) is 11.5 Å². The van der Waals surface area contributed by atoms with E-state index in [4.69, 9.17) is 0 Å². The number of aromatic nitrogens is 6. The number of aryl methyl sites for hydroxylation is 1. The van der Waals surface area contributed by atoms with Crippen LogP contribution in [0.25, 0.3) is 5.69 Å². The van der Waals surface area contributed by atoms with Crippen LogP contribution in [0.15, 0.2) is 30.6 Å². The zero-order valence-electron chi connectivity index (χ0n) is 10.9. The number of carbonyl (C=O) groups excluding carboxylic acids is 1. The van der Waals surface area contributed by atoms with Gasteiger partial charge in [-0.15, -0.1) is 5.10 Å². The molecule has 106 valence electrons. The number of anilines is 1. The molecule has 8 nitrogen and oxygen atoms in total. The number of hydrogen-bond donors (Lipinski definition) is 2. The van der Waals surface area contributed by atoms with Crippen molar-refractivity contribution in [2.24, 2.45) is 0 Å². The molecule has 2 N–H and O–H groups in total. The Balaban J connectivity index is 1.87. The molecule has 3 aromatic rings. The van der Waals surface area contributed by atoms with Gasteiger partial charge in [0.05, 0.1) is 5.69 Å². The minimum Gasteiger partial charge on any atom is -0.288 e. The van der Waals surface area contributed by atoms with Crippen LogP contribution in [-0.2, 0) is 0 Å². The van der Waals surface area contributed by atoms with Gasteiger partial charge in [-0.3, -0.25) is 10.1 Å². The van der Waals surface area contributed by atoms with Crippen LogP contribution in [0.5, 0.6) is 0 Å². The standard InChI is InChI=1S/C12H10FN7O/c1-7-16-10(11(21)17-12-14-6-15-18-12)19-20(7)9-4-2-8(13)3-5-9/h2-6H,1H3,(H2,14,15,17,18,21). The number of hydrogen-bond acceptors (Lipinski definition) is 5. The molecule has 0 saturated carbocycles. The fraction of sp³-hybridized carbons (Fsp3) is 0.0833. The molecule has 0 fully saturated rings. The zero-order chi connectivity index (χ0) is 14.8. The lowest BCUT2D eigenvalue weighted by atomic mass is 10.3. The van der Waals surface area contributed by atoms with E-state index in [1.165, 1.54) is 23.1 Å². The molecule has 9 heteroatoms. The third-order valence-corrected chi connectivity index (χ3v) is 2.69. The summed E-state index contributed by atoms with van der Waals surface area (Å²) in [5, 5.41) is 12.7. The fourth-order valence-corrected chi connectivity index (χ4v) is 1.74. The van der Waals surface area contributed by atoms with E-state index in [9.17, 15) is 9.18 Å². The highest BCUT2D eigenvalue weighted by Crippen LogP contribution is 2.11. The number of H-pyrrole nitrogens is 1. The van der Waals surface area contributed by atoms with Gasteiger partial charge in [-0.2, -0.15) is 10.1 Å². The van der Waals surface area contributed by atoms with Crippen molar-refractivity contribution in [1.82, 2.24) is 29.9 Å². The molecular weight excluding hydrogens is 277 g/mol. The molecule has 0 saturated heterocycles. The predicted octanol–water partition coefficient (Wildman–Crippen LogP) is 1.09. The number of rotatable bonds is 3. The van der Waals surface area contributed by atoms with E-state index in [2.05, 4.69) is 30.6 Å². The van der Waals surface area contributed by atoms with Gasteiger partial charge in [0.25, 0.3) is 5.91 Å².